The molecular formula is C15H10Cl3N. The summed E-state index contributed by atoms with van der Waals surface area (Å²) in [6, 6.07) is 13.2. The van der Waals surface area contributed by atoms with Crippen LogP contribution < -0.4 is 0 Å². The molecule has 0 saturated carbocycles. The maximum Gasteiger partial charge on any atom is 0.100 e. The van der Waals surface area contributed by atoms with Crippen LogP contribution in [0.3, 0.4) is 0 Å². The van der Waals surface area contributed by atoms with Gasteiger partial charge in [-0.2, -0.15) is 0 Å². The number of benzene rings is 2. The zero-order chi connectivity index (χ0) is 13.7. The van der Waals surface area contributed by atoms with E-state index in [9.17, 15) is 0 Å². The molecule has 0 saturated heterocycles. The van der Waals surface area contributed by atoms with Crippen LogP contribution in [0.25, 0.3) is 6.08 Å². The molecule has 0 aliphatic rings. The molecule has 2 aromatic rings. The molecule has 0 unspecified atom stereocenters. The highest BCUT2D eigenvalue weighted by Gasteiger charge is 2.05. The van der Waals surface area contributed by atoms with Crippen molar-refractivity contribution in [1.29, 1.82) is 0 Å². The van der Waals surface area contributed by atoms with E-state index in [1.165, 1.54) is 0 Å². The largest absolute Gasteiger partial charge is 0.254 e. The summed E-state index contributed by atoms with van der Waals surface area (Å²) in [6.07, 6.45) is 5.42. The molecule has 0 atom stereocenters. The lowest BCUT2D eigenvalue weighted by Crippen LogP contribution is -1.74. The molecule has 0 N–H and O–H groups in total. The first-order chi connectivity index (χ1) is 9.16. The summed E-state index contributed by atoms with van der Waals surface area (Å²) in [5.74, 6) is 0. The first-order valence-corrected chi connectivity index (χ1v) is 6.70. The molecule has 0 heterocycles. The van der Waals surface area contributed by atoms with Crippen LogP contribution in [0.15, 0.2) is 53.5 Å². The molecule has 0 aliphatic carbocycles. The number of allylic oxidation sites excluding steroid dienone is 1. The molecule has 0 spiro atoms. The summed E-state index contributed by atoms with van der Waals surface area (Å²) in [6.45, 7) is 0. The minimum Gasteiger partial charge on any atom is -0.254 e. The summed E-state index contributed by atoms with van der Waals surface area (Å²) in [5.41, 5.74) is 1.62. The van der Waals surface area contributed by atoms with Crippen molar-refractivity contribution >= 4 is 52.8 Å². The Labute approximate surface area is 127 Å². The number of hydrogen-bond donors (Lipinski definition) is 0. The monoisotopic (exact) mass is 309 g/mol. The van der Waals surface area contributed by atoms with Gasteiger partial charge in [-0.1, -0.05) is 71.2 Å². The third-order valence-electron chi connectivity index (χ3n) is 2.36. The molecule has 2 aromatic carbocycles. The van der Waals surface area contributed by atoms with Gasteiger partial charge in [0, 0.05) is 11.2 Å². The average molecular weight is 311 g/mol. The molecule has 4 heteroatoms. The smallest absolute Gasteiger partial charge is 0.100 e. The van der Waals surface area contributed by atoms with Crippen molar-refractivity contribution in [1.82, 2.24) is 0 Å². The van der Waals surface area contributed by atoms with E-state index in [1.54, 1.807) is 18.3 Å². The van der Waals surface area contributed by atoms with Crippen LogP contribution in [0.1, 0.15) is 5.56 Å². The predicted molar refractivity (Wildman–Crippen MR) is 85.1 cm³/mol. The minimum atomic E-state index is 0.432. The zero-order valence-electron chi connectivity index (χ0n) is 9.85. The SMILES string of the molecule is Clc1cc(Cl)c(N=C/C=C\c2ccccc2)c(Cl)c1. The molecule has 0 fully saturated rings. The van der Waals surface area contributed by atoms with Crippen LogP contribution in [0.4, 0.5) is 5.69 Å². The zero-order valence-corrected chi connectivity index (χ0v) is 12.1. The van der Waals surface area contributed by atoms with Gasteiger partial charge in [-0.05, 0) is 23.8 Å². The first-order valence-electron chi connectivity index (χ1n) is 5.57. The van der Waals surface area contributed by atoms with Gasteiger partial charge in [0.1, 0.15) is 5.69 Å². The summed E-state index contributed by atoms with van der Waals surface area (Å²) in [7, 11) is 0. The van der Waals surface area contributed by atoms with Crippen LogP contribution in [-0.2, 0) is 0 Å². The van der Waals surface area contributed by atoms with Crippen molar-refractivity contribution < 1.29 is 0 Å². The van der Waals surface area contributed by atoms with Gasteiger partial charge in [-0.25, -0.2) is 0 Å². The number of nitrogens with zero attached hydrogens (tertiary/aromatic N) is 1. The molecule has 0 aromatic heterocycles. The van der Waals surface area contributed by atoms with Crippen LogP contribution in [-0.4, -0.2) is 6.21 Å². The molecule has 19 heavy (non-hydrogen) atoms. The highest BCUT2D eigenvalue weighted by Crippen LogP contribution is 2.35. The number of hydrogen-bond acceptors (Lipinski definition) is 1. The molecule has 0 radical (unpaired) electrons. The Morgan fingerprint density at radius 1 is 0.895 bits per heavy atom. The van der Waals surface area contributed by atoms with Crippen LogP contribution in [0, 0.1) is 0 Å². The van der Waals surface area contributed by atoms with E-state index in [1.807, 2.05) is 42.5 Å². The fourth-order valence-corrected chi connectivity index (χ4v) is 2.41. The molecule has 0 bridgehead atoms. The molecule has 1 nitrogen and oxygen atoms in total. The van der Waals surface area contributed by atoms with E-state index in [-0.39, 0.29) is 0 Å². The van der Waals surface area contributed by atoms with Gasteiger partial charge in [0.05, 0.1) is 10.0 Å². The Balaban J connectivity index is 2.14. The van der Waals surface area contributed by atoms with Gasteiger partial charge < -0.3 is 0 Å². The Kier molecular flexibility index (Phi) is 5.03. The molecule has 0 aliphatic heterocycles. The van der Waals surface area contributed by atoms with E-state index in [2.05, 4.69) is 4.99 Å². The summed E-state index contributed by atoms with van der Waals surface area (Å²) >= 11 is 17.9. The van der Waals surface area contributed by atoms with E-state index in [0.29, 0.717) is 20.8 Å². The van der Waals surface area contributed by atoms with Gasteiger partial charge in [-0.15, -0.1) is 0 Å². The van der Waals surface area contributed by atoms with Gasteiger partial charge in [0.15, 0.2) is 0 Å². The number of rotatable bonds is 3. The van der Waals surface area contributed by atoms with Crippen molar-refractivity contribution in [3.8, 4) is 0 Å². The van der Waals surface area contributed by atoms with Crippen LogP contribution >= 0.6 is 34.8 Å². The first kappa shape index (κ1) is 14.1. The Bertz CT molecular complexity index is 596. The molecular weight excluding hydrogens is 301 g/mol. The lowest BCUT2D eigenvalue weighted by Gasteiger charge is -2.01. The van der Waals surface area contributed by atoms with Gasteiger partial charge in [-0.3, -0.25) is 4.99 Å². The average Bonchev–Trinajstić information content (AvgIpc) is 2.38. The van der Waals surface area contributed by atoms with Crippen LogP contribution in [0.5, 0.6) is 0 Å². The highest BCUT2D eigenvalue weighted by molar-refractivity contribution is 6.41. The molecule has 0 amide bonds. The second-order valence-corrected chi connectivity index (χ2v) is 5.02. The summed E-state index contributed by atoms with van der Waals surface area (Å²) < 4.78 is 0. The van der Waals surface area contributed by atoms with Crippen molar-refractivity contribution in [2.45, 2.75) is 0 Å². The maximum atomic E-state index is 6.02. The second-order valence-electron chi connectivity index (χ2n) is 3.77. The van der Waals surface area contributed by atoms with Crippen molar-refractivity contribution in [2.24, 2.45) is 4.99 Å². The van der Waals surface area contributed by atoms with Gasteiger partial charge in [0.2, 0.25) is 0 Å². The van der Waals surface area contributed by atoms with E-state index < -0.39 is 0 Å². The Morgan fingerprint density at radius 2 is 1.53 bits per heavy atom. The standard InChI is InChI=1S/C15H10Cl3N/c16-12-9-13(17)15(14(18)10-12)19-8-4-7-11-5-2-1-3-6-11/h1-10H/b7-4-,19-8?. The maximum absolute atomic E-state index is 6.02. The number of halogens is 3. The molecule has 2 rings (SSSR count). The number of aliphatic imine (C=N–C) groups is 1. The molecule has 96 valence electrons. The minimum absolute atomic E-state index is 0.432. The fraction of sp³-hybridized carbons (Fsp3) is 0. The third kappa shape index (κ3) is 4.10. The predicted octanol–water partition coefficient (Wildman–Crippen LogP) is 6.06. The summed E-state index contributed by atoms with van der Waals surface area (Å²) in [5, 5.41) is 1.36. The van der Waals surface area contributed by atoms with Gasteiger partial charge >= 0.3 is 0 Å². The lowest BCUT2D eigenvalue weighted by atomic mass is 10.2. The van der Waals surface area contributed by atoms with E-state index in [0.717, 1.165) is 5.56 Å². The highest BCUT2D eigenvalue weighted by atomic mass is 35.5. The van der Waals surface area contributed by atoms with Crippen LogP contribution in [0.2, 0.25) is 15.1 Å². The fourth-order valence-electron chi connectivity index (χ4n) is 1.49. The summed E-state index contributed by atoms with van der Waals surface area (Å²) in [4.78, 5) is 4.23. The van der Waals surface area contributed by atoms with Crippen molar-refractivity contribution in [2.75, 3.05) is 0 Å². The Hall–Kier alpha value is -1.28. The third-order valence-corrected chi connectivity index (χ3v) is 3.15. The quantitative estimate of drug-likeness (QED) is 0.611. The normalized spacial score (nSPS) is 11.5. The van der Waals surface area contributed by atoms with Gasteiger partial charge in [0.25, 0.3) is 0 Å². The topological polar surface area (TPSA) is 12.4 Å². The lowest BCUT2D eigenvalue weighted by molar-refractivity contribution is 1.54. The van der Waals surface area contributed by atoms with E-state index >= 15 is 0 Å². The van der Waals surface area contributed by atoms with Crippen molar-refractivity contribution in [3.63, 3.8) is 0 Å². The van der Waals surface area contributed by atoms with Crippen molar-refractivity contribution in [3.05, 3.63) is 69.2 Å². The second kappa shape index (κ2) is 6.76. The Morgan fingerprint density at radius 3 is 2.16 bits per heavy atom. The van der Waals surface area contributed by atoms with E-state index in [4.69, 9.17) is 34.8 Å².